The van der Waals surface area contributed by atoms with Crippen molar-refractivity contribution in [3.05, 3.63) is 34.9 Å². The fourth-order valence-corrected chi connectivity index (χ4v) is 3.50. The largest absolute Gasteiger partial charge is 0.481 e. The molecule has 3 aliphatic rings. The molecule has 4 nitrogen and oxygen atoms in total. The number of nitrogens with zero attached hydrogens (tertiary/aromatic N) is 1. The number of carboxylic acid groups (broad SMARTS) is 1. The number of hydrogen-bond acceptors (Lipinski definition) is 2. The molecule has 1 N–H and O–H groups in total. The summed E-state index contributed by atoms with van der Waals surface area (Å²) in [5.41, 5.74) is 2.93. The van der Waals surface area contributed by atoms with Crippen molar-refractivity contribution in [3.8, 4) is 0 Å². The summed E-state index contributed by atoms with van der Waals surface area (Å²) in [6.45, 7) is 0.728. The predicted molar refractivity (Wildman–Crippen MR) is 77.1 cm³/mol. The van der Waals surface area contributed by atoms with Crippen LogP contribution < -0.4 is 0 Å². The third-order valence-corrected chi connectivity index (χ3v) is 4.97. The van der Waals surface area contributed by atoms with E-state index in [-0.39, 0.29) is 18.2 Å². The van der Waals surface area contributed by atoms with E-state index < -0.39 is 5.97 Å². The van der Waals surface area contributed by atoms with Crippen LogP contribution in [0, 0.1) is 5.92 Å². The maximum absolute atomic E-state index is 12.5. The van der Waals surface area contributed by atoms with Crippen LogP contribution >= 0.6 is 0 Å². The molecule has 2 aliphatic carbocycles. The Balaban J connectivity index is 1.63. The molecule has 1 amide bonds. The van der Waals surface area contributed by atoms with Gasteiger partial charge >= 0.3 is 5.97 Å². The second-order valence-corrected chi connectivity index (χ2v) is 6.62. The highest BCUT2D eigenvalue weighted by Gasteiger charge is 2.39. The number of hydrogen-bond donors (Lipinski definition) is 1. The molecule has 0 saturated heterocycles. The van der Waals surface area contributed by atoms with Crippen LogP contribution in [0.4, 0.5) is 0 Å². The van der Waals surface area contributed by atoms with Crippen molar-refractivity contribution in [2.45, 2.75) is 50.6 Å². The number of aliphatic carboxylic acids is 1. The Bertz CT molecular complexity index is 616. The first kappa shape index (κ1) is 12.9. The Morgan fingerprint density at radius 3 is 2.67 bits per heavy atom. The Morgan fingerprint density at radius 2 is 2.05 bits per heavy atom. The molecule has 0 radical (unpaired) electrons. The highest BCUT2D eigenvalue weighted by Crippen LogP contribution is 2.45. The summed E-state index contributed by atoms with van der Waals surface area (Å²) in [7, 11) is 0. The fourth-order valence-electron chi connectivity index (χ4n) is 3.50. The number of carbonyl (C=O) groups is 2. The fraction of sp³-hybridized carbons (Fsp3) is 0.529. The number of benzene rings is 1. The van der Waals surface area contributed by atoms with E-state index in [1.54, 1.807) is 0 Å². The summed E-state index contributed by atoms with van der Waals surface area (Å²) < 4.78 is 0. The summed E-state index contributed by atoms with van der Waals surface area (Å²) in [6.07, 6.45) is 4.63. The number of carboxylic acids is 1. The van der Waals surface area contributed by atoms with Gasteiger partial charge in [0.2, 0.25) is 0 Å². The van der Waals surface area contributed by atoms with E-state index >= 15 is 0 Å². The molecule has 1 heterocycles. The molecule has 110 valence electrons. The highest BCUT2D eigenvalue weighted by molar-refractivity contribution is 5.99. The summed E-state index contributed by atoms with van der Waals surface area (Å²) >= 11 is 0. The molecular formula is C17H19NO3. The second-order valence-electron chi connectivity index (χ2n) is 6.62. The van der Waals surface area contributed by atoms with Crippen LogP contribution in [0.25, 0.3) is 0 Å². The molecule has 2 saturated carbocycles. The van der Waals surface area contributed by atoms with Crippen LogP contribution in [0.3, 0.4) is 0 Å². The van der Waals surface area contributed by atoms with E-state index in [9.17, 15) is 9.59 Å². The third-order valence-electron chi connectivity index (χ3n) is 4.97. The van der Waals surface area contributed by atoms with Crippen LogP contribution in [0.1, 0.15) is 59.5 Å². The first-order valence-corrected chi connectivity index (χ1v) is 7.79. The van der Waals surface area contributed by atoms with Gasteiger partial charge in [0.15, 0.2) is 0 Å². The van der Waals surface area contributed by atoms with Gasteiger partial charge in [0.1, 0.15) is 0 Å². The van der Waals surface area contributed by atoms with Gasteiger partial charge in [-0.1, -0.05) is 12.1 Å². The minimum Gasteiger partial charge on any atom is -0.481 e. The van der Waals surface area contributed by atoms with Crippen LogP contribution in [-0.2, 0) is 11.3 Å². The van der Waals surface area contributed by atoms with Crippen LogP contribution in [0.2, 0.25) is 0 Å². The van der Waals surface area contributed by atoms with Gasteiger partial charge in [-0.3, -0.25) is 9.59 Å². The topological polar surface area (TPSA) is 57.6 Å². The van der Waals surface area contributed by atoms with Gasteiger partial charge in [-0.2, -0.15) is 0 Å². The van der Waals surface area contributed by atoms with Crippen molar-refractivity contribution in [2.24, 2.45) is 5.92 Å². The average molecular weight is 285 g/mol. The minimum absolute atomic E-state index is 0.0653. The molecule has 1 aromatic carbocycles. The monoisotopic (exact) mass is 285 g/mol. The van der Waals surface area contributed by atoms with E-state index in [0.29, 0.717) is 12.0 Å². The minimum atomic E-state index is -0.752. The number of carbonyl (C=O) groups excluding carboxylic acids is 1. The quantitative estimate of drug-likeness (QED) is 0.905. The predicted octanol–water partition coefficient (Wildman–Crippen LogP) is 2.77. The third kappa shape index (κ3) is 2.33. The van der Waals surface area contributed by atoms with Crippen molar-refractivity contribution in [1.82, 2.24) is 4.90 Å². The molecule has 1 aliphatic heterocycles. The molecule has 0 bridgehead atoms. The molecule has 0 aromatic heterocycles. The zero-order valence-corrected chi connectivity index (χ0v) is 11.9. The molecule has 0 spiro atoms. The van der Waals surface area contributed by atoms with Gasteiger partial charge < -0.3 is 10.0 Å². The number of amides is 1. The van der Waals surface area contributed by atoms with Gasteiger partial charge in [-0.25, -0.2) is 0 Å². The second kappa shape index (κ2) is 4.58. The highest BCUT2D eigenvalue weighted by atomic mass is 16.4. The van der Waals surface area contributed by atoms with Crippen molar-refractivity contribution in [2.75, 3.05) is 0 Å². The van der Waals surface area contributed by atoms with Gasteiger partial charge in [-0.15, -0.1) is 0 Å². The maximum Gasteiger partial charge on any atom is 0.303 e. The smallest absolute Gasteiger partial charge is 0.303 e. The zero-order chi connectivity index (χ0) is 14.6. The summed E-state index contributed by atoms with van der Waals surface area (Å²) in [5.74, 6) is -0.0664. The lowest BCUT2D eigenvalue weighted by Crippen LogP contribution is -2.25. The molecule has 4 heteroatoms. The SMILES string of the molecule is O=C(O)CC(c1ccc2c(c1)C(=O)N(C1CC1)C2)C1CC1. The molecule has 2 fully saturated rings. The first-order valence-electron chi connectivity index (χ1n) is 7.79. The van der Waals surface area contributed by atoms with Crippen LogP contribution in [0.15, 0.2) is 18.2 Å². The Hall–Kier alpha value is -1.84. The van der Waals surface area contributed by atoms with E-state index in [1.165, 1.54) is 0 Å². The van der Waals surface area contributed by atoms with E-state index in [2.05, 4.69) is 0 Å². The van der Waals surface area contributed by atoms with Gasteiger partial charge in [0.25, 0.3) is 5.91 Å². The number of rotatable bonds is 5. The van der Waals surface area contributed by atoms with Crippen LogP contribution in [-0.4, -0.2) is 27.9 Å². The first-order chi connectivity index (χ1) is 10.1. The zero-order valence-electron chi connectivity index (χ0n) is 11.9. The molecule has 1 atom stereocenters. The van der Waals surface area contributed by atoms with E-state index in [1.807, 2.05) is 23.1 Å². The maximum atomic E-state index is 12.5. The summed E-state index contributed by atoms with van der Waals surface area (Å²) in [5, 5.41) is 9.12. The van der Waals surface area contributed by atoms with E-state index in [4.69, 9.17) is 5.11 Å². The summed E-state index contributed by atoms with van der Waals surface area (Å²) in [6, 6.07) is 6.47. The van der Waals surface area contributed by atoms with Crippen molar-refractivity contribution in [3.63, 3.8) is 0 Å². The Morgan fingerprint density at radius 1 is 1.29 bits per heavy atom. The molecular weight excluding hydrogens is 266 g/mol. The van der Waals surface area contributed by atoms with E-state index in [0.717, 1.165) is 48.9 Å². The van der Waals surface area contributed by atoms with Crippen molar-refractivity contribution in [1.29, 1.82) is 0 Å². The average Bonchev–Trinajstić information content (AvgIpc) is 3.35. The molecule has 4 rings (SSSR count). The lowest BCUT2D eigenvalue weighted by atomic mass is 9.89. The molecule has 1 unspecified atom stereocenters. The Kier molecular flexibility index (Phi) is 2.81. The normalized spacial score (nSPS) is 22.3. The number of fused-ring (bicyclic) bond motifs is 1. The lowest BCUT2D eigenvalue weighted by molar-refractivity contribution is -0.137. The van der Waals surface area contributed by atoms with Crippen molar-refractivity contribution < 1.29 is 14.7 Å². The standard InChI is InChI=1S/C17H19NO3/c19-16(20)8-14(10-1-2-10)11-3-4-12-9-18(13-5-6-13)17(21)15(12)7-11/h3-4,7,10,13-14H,1-2,5-6,8-9H2,(H,19,20). The van der Waals surface area contributed by atoms with Gasteiger partial charge in [0.05, 0.1) is 6.42 Å². The molecule has 21 heavy (non-hydrogen) atoms. The Labute approximate surface area is 123 Å². The van der Waals surface area contributed by atoms with Gasteiger partial charge in [0, 0.05) is 18.2 Å². The lowest BCUT2D eigenvalue weighted by Gasteiger charge is -2.15. The van der Waals surface area contributed by atoms with Crippen molar-refractivity contribution >= 4 is 11.9 Å². The molecule has 1 aromatic rings. The van der Waals surface area contributed by atoms with Crippen LogP contribution in [0.5, 0.6) is 0 Å². The summed E-state index contributed by atoms with van der Waals surface area (Å²) in [4.78, 5) is 25.5. The van der Waals surface area contributed by atoms with Gasteiger partial charge in [-0.05, 0) is 54.7 Å².